The molecule has 1 aliphatic carbocycles. The Morgan fingerprint density at radius 2 is 1.94 bits per heavy atom. The van der Waals surface area contributed by atoms with Gasteiger partial charge in [-0.25, -0.2) is 4.79 Å². The van der Waals surface area contributed by atoms with Crippen molar-refractivity contribution in [3.63, 3.8) is 0 Å². The van der Waals surface area contributed by atoms with Crippen molar-refractivity contribution in [3.05, 3.63) is 57.7 Å². The number of benzene rings is 1. The van der Waals surface area contributed by atoms with Crippen molar-refractivity contribution in [1.82, 2.24) is 14.8 Å². The van der Waals surface area contributed by atoms with Crippen molar-refractivity contribution in [3.8, 4) is 0 Å². The number of nitrogens with one attached hydrogen (secondary N) is 1. The summed E-state index contributed by atoms with van der Waals surface area (Å²) in [6.07, 6.45) is 5.62. The number of carbonyl (C=O) groups is 2. The summed E-state index contributed by atoms with van der Waals surface area (Å²) in [5, 5.41) is 12.7. The maximum atomic E-state index is 12.7. The second-order valence-electron chi connectivity index (χ2n) is 7.69. The lowest BCUT2D eigenvalue weighted by Gasteiger charge is -2.11. The smallest absolute Gasteiger partial charge is 0.341 e. The fourth-order valence-electron chi connectivity index (χ4n) is 3.85. The van der Waals surface area contributed by atoms with E-state index >= 15 is 0 Å². The van der Waals surface area contributed by atoms with Gasteiger partial charge in [0, 0.05) is 18.3 Å². The molecule has 32 heavy (non-hydrogen) atoms. The third-order valence-corrected chi connectivity index (χ3v) is 7.78. The standard InChI is InChI=1S/C23H26N4O3S2/c1-27-18(13-12-15-8-4-3-5-9-15)25-26-23(27)31-14-19(28)24-21-20(22(29)30-2)16-10-6-7-11-17(16)32-21/h3-5,8-9H,6-7,10-14H2,1-2H3,(H,24,28). The first-order chi connectivity index (χ1) is 15.6. The molecule has 1 amide bonds. The van der Waals surface area contributed by atoms with Crippen LogP contribution in [0.1, 0.15) is 45.0 Å². The van der Waals surface area contributed by atoms with E-state index in [0.717, 1.165) is 49.9 Å². The SMILES string of the molecule is COC(=O)c1c(NC(=O)CSc2nnc(CCc3ccccc3)n2C)sc2c1CCCC2. The van der Waals surface area contributed by atoms with Gasteiger partial charge in [0.1, 0.15) is 10.8 Å². The Morgan fingerprint density at radius 3 is 2.72 bits per heavy atom. The molecule has 0 aliphatic heterocycles. The molecule has 0 saturated carbocycles. The summed E-state index contributed by atoms with van der Waals surface area (Å²) in [5.41, 5.74) is 2.81. The molecule has 7 nitrogen and oxygen atoms in total. The number of ether oxygens (including phenoxy) is 1. The Hall–Kier alpha value is -2.65. The maximum absolute atomic E-state index is 12.7. The van der Waals surface area contributed by atoms with Crippen molar-refractivity contribution in [2.45, 2.75) is 43.7 Å². The average Bonchev–Trinajstić information content (AvgIpc) is 3.36. The quantitative estimate of drug-likeness (QED) is 0.395. The first kappa shape index (κ1) is 22.5. The normalized spacial score (nSPS) is 12.9. The number of aromatic nitrogens is 3. The number of thiophene rings is 1. The third-order valence-electron chi connectivity index (χ3n) is 5.55. The van der Waals surface area contributed by atoms with Crippen LogP contribution >= 0.6 is 23.1 Å². The summed E-state index contributed by atoms with van der Waals surface area (Å²) in [7, 11) is 3.30. The van der Waals surface area contributed by atoms with Gasteiger partial charge in [0.05, 0.1) is 18.4 Å². The molecular weight excluding hydrogens is 444 g/mol. The van der Waals surface area contributed by atoms with Crippen molar-refractivity contribution in [1.29, 1.82) is 0 Å². The molecule has 3 aromatic rings. The van der Waals surface area contributed by atoms with Crippen LogP contribution in [0.3, 0.4) is 0 Å². The first-order valence-corrected chi connectivity index (χ1v) is 12.4. The topological polar surface area (TPSA) is 86.1 Å². The highest BCUT2D eigenvalue weighted by molar-refractivity contribution is 7.99. The minimum absolute atomic E-state index is 0.174. The predicted octanol–water partition coefficient (Wildman–Crippen LogP) is 4.06. The van der Waals surface area contributed by atoms with E-state index in [1.807, 2.05) is 29.8 Å². The Bertz CT molecular complexity index is 1110. The summed E-state index contributed by atoms with van der Waals surface area (Å²) < 4.78 is 6.91. The van der Waals surface area contributed by atoms with Crippen LogP contribution in [0, 0.1) is 0 Å². The minimum Gasteiger partial charge on any atom is -0.465 e. The van der Waals surface area contributed by atoms with Gasteiger partial charge in [0.2, 0.25) is 5.91 Å². The average molecular weight is 471 g/mol. The second kappa shape index (κ2) is 10.3. The number of aryl methyl sites for hydroxylation is 3. The Morgan fingerprint density at radius 1 is 1.16 bits per heavy atom. The fourth-order valence-corrected chi connectivity index (χ4v) is 5.88. The van der Waals surface area contributed by atoms with Crippen LogP contribution < -0.4 is 5.32 Å². The van der Waals surface area contributed by atoms with E-state index < -0.39 is 0 Å². The Balaban J connectivity index is 1.37. The third kappa shape index (κ3) is 5.05. The maximum Gasteiger partial charge on any atom is 0.341 e. The minimum atomic E-state index is -0.385. The van der Waals surface area contributed by atoms with Crippen LogP contribution in [-0.4, -0.2) is 39.5 Å². The highest BCUT2D eigenvalue weighted by Crippen LogP contribution is 2.38. The molecule has 0 spiro atoms. The summed E-state index contributed by atoms with van der Waals surface area (Å²) in [6.45, 7) is 0. The van der Waals surface area contributed by atoms with Gasteiger partial charge >= 0.3 is 5.97 Å². The number of hydrogen-bond acceptors (Lipinski definition) is 7. The van der Waals surface area contributed by atoms with Gasteiger partial charge in [-0.2, -0.15) is 0 Å². The van der Waals surface area contributed by atoms with Crippen molar-refractivity contribution >= 4 is 40.0 Å². The summed E-state index contributed by atoms with van der Waals surface area (Å²) in [5.74, 6) is 0.514. The molecule has 0 atom stereocenters. The molecule has 2 heterocycles. The van der Waals surface area contributed by atoms with Crippen LogP contribution in [0.2, 0.25) is 0 Å². The largest absolute Gasteiger partial charge is 0.465 e. The van der Waals surface area contributed by atoms with Gasteiger partial charge in [-0.15, -0.1) is 21.5 Å². The number of hydrogen-bond donors (Lipinski definition) is 1. The monoisotopic (exact) mass is 470 g/mol. The fraction of sp³-hybridized carbons (Fsp3) is 0.391. The molecule has 0 radical (unpaired) electrons. The molecule has 1 N–H and O–H groups in total. The lowest BCUT2D eigenvalue weighted by molar-refractivity contribution is -0.113. The van der Waals surface area contributed by atoms with Crippen LogP contribution in [0.15, 0.2) is 35.5 Å². The van der Waals surface area contributed by atoms with Crippen LogP contribution in [0.4, 0.5) is 5.00 Å². The molecule has 4 rings (SSSR count). The van der Waals surface area contributed by atoms with E-state index in [9.17, 15) is 9.59 Å². The summed E-state index contributed by atoms with van der Waals surface area (Å²) in [6, 6.07) is 10.3. The molecule has 9 heteroatoms. The van der Waals surface area contributed by atoms with Crippen LogP contribution in [0.5, 0.6) is 0 Å². The molecule has 0 unspecified atom stereocenters. The van der Waals surface area contributed by atoms with E-state index in [4.69, 9.17) is 4.74 Å². The predicted molar refractivity (Wildman–Crippen MR) is 127 cm³/mol. The molecule has 1 aromatic carbocycles. The number of esters is 1. The van der Waals surface area contributed by atoms with E-state index in [1.165, 1.54) is 40.6 Å². The van der Waals surface area contributed by atoms with E-state index in [-0.39, 0.29) is 17.6 Å². The van der Waals surface area contributed by atoms with Crippen molar-refractivity contribution in [2.75, 3.05) is 18.2 Å². The van der Waals surface area contributed by atoms with Gasteiger partial charge in [-0.05, 0) is 43.2 Å². The highest BCUT2D eigenvalue weighted by Gasteiger charge is 2.27. The summed E-state index contributed by atoms with van der Waals surface area (Å²) in [4.78, 5) is 26.2. The number of amides is 1. The number of thioether (sulfide) groups is 1. The van der Waals surface area contributed by atoms with Gasteiger partial charge in [-0.3, -0.25) is 4.79 Å². The zero-order valence-corrected chi connectivity index (χ0v) is 19.9. The molecule has 0 bridgehead atoms. The molecule has 0 fully saturated rings. The number of methoxy groups -OCH3 is 1. The van der Waals surface area contributed by atoms with Gasteiger partial charge in [-0.1, -0.05) is 42.1 Å². The van der Waals surface area contributed by atoms with Crippen LogP contribution in [0.25, 0.3) is 0 Å². The van der Waals surface area contributed by atoms with Gasteiger partial charge in [0.25, 0.3) is 0 Å². The van der Waals surface area contributed by atoms with Crippen molar-refractivity contribution < 1.29 is 14.3 Å². The Labute approximate surface area is 195 Å². The second-order valence-corrected chi connectivity index (χ2v) is 9.73. The molecule has 0 saturated heterocycles. The van der Waals surface area contributed by atoms with E-state index in [1.54, 1.807) is 0 Å². The van der Waals surface area contributed by atoms with Crippen molar-refractivity contribution in [2.24, 2.45) is 7.05 Å². The van der Waals surface area contributed by atoms with Crippen LogP contribution in [-0.2, 0) is 42.3 Å². The Kier molecular flexibility index (Phi) is 7.26. The highest BCUT2D eigenvalue weighted by atomic mass is 32.2. The lowest BCUT2D eigenvalue weighted by atomic mass is 9.95. The number of fused-ring (bicyclic) bond motifs is 1. The zero-order chi connectivity index (χ0) is 22.5. The van der Waals surface area contributed by atoms with Gasteiger partial charge in [0.15, 0.2) is 5.16 Å². The summed E-state index contributed by atoms with van der Waals surface area (Å²) >= 11 is 2.83. The van der Waals surface area contributed by atoms with E-state index in [0.29, 0.717) is 15.7 Å². The number of carbonyl (C=O) groups excluding carboxylic acids is 2. The zero-order valence-electron chi connectivity index (χ0n) is 18.2. The molecule has 2 aromatic heterocycles. The van der Waals surface area contributed by atoms with Gasteiger partial charge < -0.3 is 14.6 Å². The molecule has 168 valence electrons. The molecular formula is C23H26N4O3S2. The van der Waals surface area contributed by atoms with E-state index in [2.05, 4.69) is 27.6 Å². The first-order valence-electron chi connectivity index (χ1n) is 10.6. The number of anilines is 1. The number of rotatable bonds is 8. The lowest BCUT2D eigenvalue weighted by Crippen LogP contribution is -2.17. The molecule has 1 aliphatic rings. The number of nitrogens with zero attached hydrogens (tertiary/aromatic N) is 3.